The average molecular weight is 504 g/mol. The molecule has 10 heteroatoms. The number of ether oxygens (including phenoxy) is 4. The maximum atomic E-state index is 14.6. The van der Waals surface area contributed by atoms with Gasteiger partial charge in [0, 0.05) is 11.5 Å². The van der Waals surface area contributed by atoms with Crippen molar-refractivity contribution in [3.63, 3.8) is 0 Å². The minimum atomic E-state index is -5.01. The lowest BCUT2D eigenvalue weighted by atomic mass is 9.79. The Labute approximate surface area is 199 Å². The molecule has 4 nitrogen and oxygen atoms in total. The van der Waals surface area contributed by atoms with Crippen LogP contribution in [0.25, 0.3) is 0 Å². The van der Waals surface area contributed by atoms with E-state index in [4.69, 9.17) is 14.2 Å². The summed E-state index contributed by atoms with van der Waals surface area (Å²) in [6, 6.07) is 5.54. The quantitative estimate of drug-likeness (QED) is 0.396. The molecule has 1 aliphatic heterocycles. The number of halogens is 6. The van der Waals surface area contributed by atoms with Gasteiger partial charge >= 0.3 is 6.36 Å². The standard InChI is InChI=1S/C25H26F6O4/c1-14-2-4-16(5-3-14)18-9-20(27)23(21(28)10-18)32-11-15-12-33-24(34-13-15)17-6-7-22(19(26)8-17)35-25(29,30)31/h6-10,14-16,24H,2-5,11-13H2,1H3. The van der Waals surface area contributed by atoms with E-state index in [1.165, 1.54) is 18.2 Å². The van der Waals surface area contributed by atoms with Crippen molar-refractivity contribution in [2.75, 3.05) is 19.8 Å². The summed E-state index contributed by atoms with van der Waals surface area (Å²) in [5.41, 5.74) is 0.812. The molecule has 1 heterocycles. The smallest absolute Gasteiger partial charge is 0.487 e. The first-order valence-electron chi connectivity index (χ1n) is 11.5. The second kappa shape index (κ2) is 10.7. The van der Waals surface area contributed by atoms with Crippen molar-refractivity contribution >= 4 is 0 Å². The largest absolute Gasteiger partial charge is 0.573 e. The molecular weight excluding hydrogens is 478 g/mol. The summed E-state index contributed by atoms with van der Waals surface area (Å²) in [4.78, 5) is 0. The van der Waals surface area contributed by atoms with Gasteiger partial charge in [0.15, 0.2) is 35.2 Å². The van der Waals surface area contributed by atoms with Crippen LogP contribution in [0.15, 0.2) is 30.3 Å². The summed E-state index contributed by atoms with van der Waals surface area (Å²) in [5, 5.41) is 0. The topological polar surface area (TPSA) is 36.9 Å². The number of rotatable bonds is 6. The van der Waals surface area contributed by atoms with E-state index >= 15 is 0 Å². The zero-order valence-corrected chi connectivity index (χ0v) is 19.0. The lowest BCUT2D eigenvalue weighted by Gasteiger charge is -2.30. The maximum absolute atomic E-state index is 14.6. The highest BCUT2D eigenvalue weighted by atomic mass is 19.4. The number of hydrogen-bond donors (Lipinski definition) is 0. The van der Waals surface area contributed by atoms with Gasteiger partial charge in [-0.25, -0.2) is 13.2 Å². The Balaban J connectivity index is 1.30. The molecule has 2 fully saturated rings. The summed E-state index contributed by atoms with van der Waals surface area (Å²) >= 11 is 0. The van der Waals surface area contributed by atoms with Crippen LogP contribution in [0.5, 0.6) is 11.5 Å². The molecule has 0 atom stereocenters. The predicted molar refractivity (Wildman–Crippen MR) is 113 cm³/mol. The molecule has 2 aromatic rings. The lowest BCUT2D eigenvalue weighted by Crippen LogP contribution is -2.31. The van der Waals surface area contributed by atoms with Crippen molar-refractivity contribution < 1.29 is 45.3 Å². The van der Waals surface area contributed by atoms with Crippen molar-refractivity contribution in [1.82, 2.24) is 0 Å². The van der Waals surface area contributed by atoms with Gasteiger partial charge in [0.1, 0.15) is 0 Å². The highest BCUT2D eigenvalue weighted by Crippen LogP contribution is 2.38. The van der Waals surface area contributed by atoms with Crippen molar-refractivity contribution in [2.45, 2.75) is 51.2 Å². The van der Waals surface area contributed by atoms with E-state index in [0.717, 1.165) is 37.8 Å². The minimum absolute atomic E-state index is 0.0758. The van der Waals surface area contributed by atoms with Crippen LogP contribution < -0.4 is 9.47 Å². The molecule has 0 amide bonds. The van der Waals surface area contributed by atoms with Crippen LogP contribution in [0.2, 0.25) is 0 Å². The van der Waals surface area contributed by atoms with E-state index in [1.54, 1.807) is 0 Å². The Bertz CT molecular complexity index is 988. The normalized spacial score (nSPS) is 25.3. The van der Waals surface area contributed by atoms with Crippen LogP contribution >= 0.6 is 0 Å². The first-order chi connectivity index (χ1) is 16.6. The molecule has 0 radical (unpaired) electrons. The molecule has 1 saturated heterocycles. The van der Waals surface area contributed by atoms with Crippen molar-refractivity contribution in [3.05, 3.63) is 58.9 Å². The Morgan fingerprint density at radius 2 is 1.46 bits per heavy atom. The third-order valence-electron chi connectivity index (χ3n) is 6.39. The van der Waals surface area contributed by atoms with Gasteiger partial charge in [-0.3, -0.25) is 0 Å². The Morgan fingerprint density at radius 3 is 2.03 bits per heavy atom. The van der Waals surface area contributed by atoms with Gasteiger partial charge in [0.25, 0.3) is 0 Å². The molecule has 4 rings (SSSR count). The van der Waals surface area contributed by atoms with Gasteiger partial charge < -0.3 is 18.9 Å². The molecule has 35 heavy (non-hydrogen) atoms. The Kier molecular flexibility index (Phi) is 7.80. The minimum Gasteiger partial charge on any atom is -0.487 e. The zero-order valence-electron chi connectivity index (χ0n) is 19.0. The number of alkyl halides is 3. The van der Waals surface area contributed by atoms with Gasteiger partial charge in [-0.2, -0.15) is 0 Å². The van der Waals surface area contributed by atoms with Crippen LogP contribution in [0, 0.1) is 29.3 Å². The SMILES string of the molecule is CC1CCC(c2cc(F)c(OCC3COC(c4ccc(OC(F)(F)F)c(F)c4)OC3)c(F)c2)CC1. The van der Waals surface area contributed by atoms with Crippen LogP contribution in [0.3, 0.4) is 0 Å². The van der Waals surface area contributed by atoms with Crippen molar-refractivity contribution in [3.8, 4) is 11.5 Å². The molecule has 2 aliphatic rings. The number of benzene rings is 2. The van der Waals surface area contributed by atoms with E-state index in [0.29, 0.717) is 11.5 Å². The molecule has 0 bridgehead atoms. The monoisotopic (exact) mass is 504 g/mol. The van der Waals surface area contributed by atoms with Crippen LogP contribution in [-0.2, 0) is 9.47 Å². The predicted octanol–water partition coefficient (Wildman–Crippen LogP) is 7.04. The van der Waals surface area contributed by atoms with Crippen LogP contribution in [0.4, 0.5) is 26.3 Å². The third-order valence-corrected chi connectivity index (χ3v) is 6.39. The molecule has 192 valence electrons. The average Bonchev–Trinajstić information content (AvgIpc) is 2.80. The highest BCUT2D eigenvalue weighted by Gasteiger charge is 2.33. The van der Waals surface area contributed by atoms with Gasteiger partial charge in [-0.05, 0) is 54.5 Å². The first-order valence-corrected chi connectivity index (χ1v) is 11.5. The molecule has 0 aromatic heterocycles. The van der Waals surface area contributed by atoms with Crippen LogP contribution in [0.1, 0.15) is 55.9 Å². The van der Waals surface area contributed by atoms with Gasteiger partial charge in [0.2, 0.25) is 0 Å². The van der Waals surface area contributed by atoms with Crippen LogP contribution in [-0.4, -0.2) is 26.2 Å². The molecule has 1 aliphatic carbocycles. The second-order valence-corrected chi connectivity index (χ2v) is 9.18. The van der Waals surface area contributed by atoms with E-state index in [9.17, 15) is 26.3 Å². The molecule has 0 spiro atoms. The van der Waals surface area contributed by atoms with Crippen molar-refractivity contribution in [1.29, 1.82) is 0 Å². The zero-order chi connectivity index (χ0) is 25.2. The first kappa shape index (κ1) is 25.6. The maximum Gasteiger partial charge on any atom is 0.573 e. The molecule has 0 unspecified atom stereocenters. The molecule has 2 aromatic carbocycles. The van der Waals surface area contributed by atoms with Gasteiger partial charge in [-0.15, -0.1) is 13.2 Å². The van der Waals surface area contributed by atoms with Gasteiger partial charge in [0.05, 0.1) is 19.8 Å². The van der Waals surface area contributed by atoms with E-state index < -0.39 is 41.6 Å². The fourth-order valence-electron chi connectivity index (χ4n) is 4.45. The molecule has 1 saturated carbocycles. The number of hydrogen-bond acceptors (Lipinski definition) is 4. The molecular formula is C25H26F6O4. The Hall–Kier alpha value is -2.46. The fraction of sp³-hybridized carbons (Fsp3) is 0.520. The fourth-order valence-corrected chi connectivity index (χ4v) is 4.45. The van der Waals surface area contributed by atoms with Crippen molar-refractivity contribution in [2.24, 2.45) is 11.8 Å². The third kappa shape index (κ3) is 6.61. The van der Waals surface area contributed by atoms with Gasteiger partial charge in [-0.1, -0.05) is 25.8 Å². The summed E-state index contributed by atoms with van der Waals surface area (Å²) < 4.78 is 100. The lowest BCUT2D eigenvalue weighted by molar-refractivity contribution is -0.275. The molecule has 0 N–H and O–H groups in total. The highest BCUT2D eigenvalue weighted by molar-refractivity contribution is 5.33. The summed E-state index contributed by atoms with van der Waals surface area (Å²) in [6.07, 6.45) is -2.15. The summed E-state index contributed by atoms with van der Waals surface area (Å²) in [7, 11) is 0. The summed E-state index contributed by atoms with van der Waals surface area (Å²) in [6.45, 7) is 2.26. The second-order valence-electron chi connectivity index (χ2n) is 9.18. The summed E-state index contributed by atoms with van der Waals surface area (Å²) in [5.74, 6) is -3.74. The van der Waals surface area contributed by atoms with E-state index in [-0.39, 0.29) is 37.2 Å². The van der Waals surface area contributed by atoms with E-state index in [1.807, 2.05) is 0 Å². The Morgan fingerprint density at radius 1 is 0.857 bits per heavy atom. The van der Waals surface area contributed by atoms with E-state index in [2.05, 4.69) is 11.7 Å².